The van der Waals surface area contributed by atoms with Crippen LogP contribution in [0.5, 0.6) is 0 Å². The van der Waals surface area contributed by atoms with Crippen LogP contribution in [0.4, 0.5) is 0 Å². The van der Waals surface area contributed by atoms with Gasteiger partial charge in [-0.25, -0.2) is 9.36 Å². The molecule has 4 rings (SSSR count). The highest BCUT2D eigenvalue weighted by Crippen LogP contribution is 2.09. The highest BCUT2D eigenvalue weighted by atomic mass is 16.2. The first-order chi connectivity index (χ1) is 15.5. The second kappa shape index (κ2) is 9.74. The lowest BCUT2D eigenvalue weighted by Crippen LogP contribution is -2.50. The number of benzene rings is 1. The van der Waals surface area contributed by atoms with Crippen LogP contribution < -0.4 is 5.56 Å². The van der Waals surface area contributed by atoms with E-state index in [9.17, 15) is 9.59 Å². The maximum absolute atomic E-state index is 12.8. The number of rotatable bonds is 6. The summed E-state index contributed by atoms with van der Waals surface area (Å²) < 4.78 is 2.90. The average molecular weight is 433 g/mol. The minimum Gasteiger partial charge on any atom is -0.339 e. The van der Waals surface area contributed by atoms with Crippen LogP contribution in [0.2, 0.25) is 0 Å². The SMILES string of the molecule is Cc1cc(C)n(-c2ccc(=O)n(CC(=O)N3CCN(C/C=C/c4ccccc4)CC3)n2)n1. The Morgan fingerprint density at radius 3 is 2.44 bits per heavy atom. The Hall–Kier alpha value is -3.52. The number of carbonyl (C=O) groups is 1. The van der Waals surface area contributed by atoms with E-state index >= 15 is 0 Å². The fourth-order valence-corrected chi connectivity index (χ4v) is 3.84. The van der Waals surface area contributed by atoms with Crippen molar-refractivity contribution in [2.45, 2.75) is 20.4 Å². The summed E-state index contributed by atoms with van der Waals surface area (Å²) in [6.07, 6.45) is 4.27. The Balaban J connectivity index is 1.33. The fourth-order valence-electron chi connectivity index (χ4n) is 3.84. The Morgan fingerprint density at radius 2 is 1.75 bits per heavy atom. The van der Waals surface area contributed by atoms with Gasteiger partial charge in [0.15, 0.2) is 5.82 Å². The molecule has 0 radical (unpaired) electrons. The van der Waals surface area contributed by atoms with Gasteiger partial charge in [0.2, 0.25) is 5.91 Å². The van der Waals surface area contributed by atoms with Crippen molar-refractivity contribution in [2.24, 2.45) is 0 Å². The third kappa shape index (κ3) is 5.20. The number of nitrogens with zero attached hydrogens (tertiary/aromatic N) is 6. The molecule has 2 aromatic heterocycles. The molecule has 0 bridgehead atoms. The molecule has 0 spiro atoms. The molecular weight excluding hydrogens is 404 g/mol. The molecule has 0 saturated carbocycles. The van der Waals surface area contributed by atoms with E-state index in [-0.39, 0.29) is 18.0 Å². The van der Waals surface area contributed by atoms with Crippen molar-refractivity contribution in [3.63, 3.8) is 0 Å². The van der Waals surface area contributed by atoms with Crippen LogP contribution in [-0.4, -0.2) is 68.0 Å². The van der Waals surface area contributed by atoms with E-state index in [1.165, 1.54) is 16.3 Å². The van der Waals surface area contributed by atoms with Gasteiger partial charge in [-0.1, -0.05) is 42.5 Å². The number of hydrogen-bond donors (Lipinski definition) is 0. The summed E-state index contributed by atoms with van der Waals surface area (Å²) in [5.41, 5.74) is 2.67. The molecule has 0 unspecified atom stereocenters. The van der Waals surface area contributed by atoms with E-state index < -0.39 is 0 Å². The summed E-state index contributed by atoms with van der Waals surface area (Å²) in [6.45, 7) is 7.51. The first kappa shape index (κ1) is 21.7. The van der Waals surface area contributed by atoms with Gasteiger partial charge in [0, 0.05) is 44.5 Å². The number of aryl methyl sites for hydroxylation is 2. The quantitative estimate of drug-likeness (QED) is 0.595. The van der Waals surface area contributed by atoms with E-state index in [0.717, 1.165) is 31.0 Å². The third-order valence-electron chi connectivity index (χ3n) is 5.56. The molecule has 8 nitrogen and oxygen atoms in total. The Labute approximate surface area is 187 Å². The normalized spacial score (nSPS) is 14.9. The molecule has 1 saturated heterocycles. The van der Waals surface area contributed by atoms with Gasteiger partial charge in [0.05, 0.1) is 5.69 Å². The highest BCUT2D eigenvalue weighted by molar-refractivity contribution is 5.76. The van der Waals surface area contributed by atoms with E-state index in [2.05, 4.69) is 39.4 Å². The maximum atomic E-state index is 12.8. The summed E-state index contributed by atoms with van der Waals surface area (Å²) in [4.78, 5) is 29.2. The maximum Gasteiger partial charge on any atom is 0.267 e. The third-order valence-corrected chi connectivity index (χ3v) is 5.56. The van der Waals surface area contributed by atoms with Gasteiger partial charge >= 0.3 is 0 Å². The van der Waals surface area contributed by atoms with E-state index in [4.69, 9.17) is 0 Å². The number of amides is 1. The number of aromatic nitrogens is 4. The first-order valence-corrected chi connectivity index (χ1v) is 10.8. The van der Waals surface area contributed by atoms with Crippen LogP contribution >= 0.6 is 0 Å². The van der Waals surface area contributed by atoms with Gasteiger partial charge in [-0.3, -0.25) is 14.5 Å². The molecule has 1 aliphatic rings. The van der Waals surface area contributed by atoms with Crippen LogP contribution in [0, 0.1) is 13.8 Å². The topological polar surface area (TPSA) is 76.3 Å². The first-order valence-electron chi connectivity index (χ1n) is 10.8. The molecule has 0 N–H and O–H groups in total. The largest absolute Gasteiger partial charge is 0.339 e. The second-order valence-corrected chi connectivity index (χ2v) is 8.02. The lowest BCUT2D eigenvalue weighted by Gasteiger charge is -2.34. The molecule has 3 aromatic rings. The summed E-state index contributed by atoms with van der Waals surface area (Å²) in [6, 6.07) is 15.2. The molecular formula is C24H28N6O2. The summed E-state index contributed by atoms with van der Waals surface area (Å²) in [5, 5.41) is 8.78. The van der Waals surface area contributed by atoms with E-state index in [0.29, 0.717) is 18.9 Å². The molecule has 0 atom stereocenters. The second-order valence-electron chi connectivity index (χ2n) is 8.02. The molecule has 8 heteroatoms. The summed E-state index contributed by atoms with van der Waals surface area (Å²) in [7, 11) is 0. The Morgan fingerprint density at radius 1 is 1.00 bits per heavy atom. The van der Waals surface area contributed by atoms with Gasteiger partial charge in [-0.05, 0) is 31.5 Å². The lowest BCUT2D eigenvalue weighted by molar-refractivity contribution is -0.133. The standard InChI is InChI=1S/C24H28N6O2/c1-19-17-20(2)30(25-19)22-10-11-23(31)29(26-22)18-24(32)28-15-13-27(14-16-28)12-6-9-21-7-4-3-5-8-21/h3-11,17H,12-16,18H2,1-2H3/b9-6+. The van der Waals surface area contributed by atoms with Crippen LogP contribution in [0.1, 0.15) is 17.0 Å². The molecule has 32 heavy (non-hydrogen) atoms. The molecule has 1 aromatic carbocycles. The monoisotopic (exact) mass is 432 g/mol. The van der Waals surface area contributed by atoms with Gasteiger partial charge in [-0.2, -0.15) is 5.10 Å². The molecule has 0 aliphatic carbocycles. The predicted molar refractivity (Wildman–Crippen MR) is 124 cm³/mol. The van der Waals surface area contributed by atoms with Crippen LogP contribution in [0.25, 0.3) is 11.9 Å². The number of carbonyl (C=O) groups excluding carboxylic acids is 1. The van der Waals surface area contributed by atoms with Crippen molar-refractivity contribution in [1.82, 2.24) is 29.4 Å². The minimum absolute atomic E-state index is 0.0696. The zero-order valence-corrected chi connectivity index (χ0v) is 18.5. The van der Waals surface area contributed by atoms with Crippen molar-refractivity contribution in [3.05, 3.63) is 81.9 Å². The minimum atomic E-state index is -0.298. The fraction of sp³-hybridized carbons (Fsp3) is 0.333. The number of hydrogen-bond acceptors (Lipinski definition) is 5. The van der Waals surface area contributed by atoms with Gasteiger partial charge in [0.1, 0.15) is 6.54 Å². The molecule has 3 heterocycles. The predicted octanol–water partition coefficient (Wildman–Crippen LogP) is 1.90. The van der Waals surface area contributed by atoms with Crippen molar-refractivity contribution in [1.29, 1.82) is 0 Å². The van der Waals surface area contributed by atoms with Crippen LogP contribution in [-0.2, 0) is 11.3 Å². The molecule has 1 fully saturated rings. The zero-order valence-electron chi connectivity index (χ0n) is 18.5. The van der Waals surface area contributed by atoms with E-state index in [1.807, 2.05) is 43.0 Å². The summed E-state index contributed by atoms with van der Waals surface area (Å²) >= 11 is 0. The Bertz CT molecular complexity index is 1160. The molecule has 166 valence electrons. The highest BCUT2D eigenvalue weighted by Gasteiger charge is 2.21. The number of piperazine rings is 1. The van der Waals surface area contributed by atoms with Crippen LogP contribution in [0.3, 0.4) is 0 Å². The smallest absolute Gasteiger partial charge is 0.267 e. The Kier molecular flexibility index (Phi) is 6.61. The summed E-state index contributed by atoms with van der Waals surface area (Å²) in [5.74, 6) is 0.433. The molecule has 1 aliphatic heterocycles. The van der Waals surface area contributed by atoms with Crippen molar-refractivity contribution >= 4 is 12.0 Å². The lowest BCUT2D eigenvalue weighted by atomic mass is 10.2. The van der Waals surface area contributed by atoms with Gasteiger partial charge in [0.25, 0.3) is 5.56 Å². The zero-order chi connectivity index (χ0) is 22.5. The van der Waals surface area contributed by atoms with Gasteiger partial charge in [-0.15, -0.1) is 5.10 Å². The van der Waals surface area contributed by atoms with Gasteiger partial charge < -0.3 is 4.90 Å². The van der Waals surface area contributed by atoms with Crippen molar-refractivity contribution in [2.75, 3.05) is 32.7 Å². The van der Waals surface area contributed by atoms with Crippen molar-refractivity contribution in [3.8, 4) is 5.82 Å². The van der Waals surface area contributed by atoms with E-state index in [1.54, 1.807) is 10.7 Å². The van der Waals surface area contributed by atoms with Crippen LogP contribution in [0.15, 0.2) is 59.4 Å². The van der Waals surface area contributed by atoms with Crippen molar-refractivity contribution < 1.29 is 4.79 Å². The molecule has 1 amide bonds. The average Bonchev–Trinajstić information content (AvgIpc) is 3.14.